The summed E-state index contributed by atoms with van der Waals surface area (Å²) in [7, 11) is 1.60. The molecule has 1 aromatic rings. The Balaban J connectivity index is 3.06. The lowest BCUT2D eigenvalue weighted by Gasteiger charge is -2.09. The molecule has 1 rings (SSSR count). The molecule has 0 aliphatic rings. The van der Waals surface area contributed by atoms with Crippen molar-refractivity contribution in [3.8, 4) is 18.1 Å². The van der Waals surface area contributed by atoms with Crippen molar-refractivity contribution in [1.29, 1.82) is 0 Å². The molecular weight excluding hydrogens is 150 g/mol. The molecule has 0 fully saturated rings. The van der Waals surface area contributed by atoms with Crippen LogP contribution in [-0.4, -0.2) is 7.11 Å². The summed E-state index contributed by atoms with van der Waals surface area (Å²) in [4.78, 5) is 0. The highest BCUT2D eigenvalue weighted by atomic mass is 16.5. The molecule has 1 atom stereocenters. The van der Waals surface area contributed by atoms with Crippen LogP contribution in [0.15, 0.2) is 24.3 Å². The summed E-state index contributed by atoms with van der Waals surface area (Å²) in [5.74, 6) is 3.19. The molecule has 2 nitrogen and oxygen atoms in total. The Morgan fingerprint density at radius 3 is 2.75 bits per heavy atom. The van der Waals surface area contributed by atoms with Gasteiger partial charge in [0.15, 0.2) is 0 Å². The molecule has 62 valence electrons. The van der Waals surface area contributed by atoms with Gasteiger partial charge in [-0.05, 0) is 6.07 Å². The van der Waals surface area contributed by atoms with Gasteiger partial charge < -0.3 is 10.5 Å². The fourth-order valence-electron chi connectivity index (χ4n) is 1.01. The molecule has 1 unspecified atom stereocenters. The van der Waals surface area contributed by atoms with E-state index in [-0.39, 0.29) is 6.04 Å². The Labute approximate surface area is 72.3 Å². The van der Waals surface area contributed by atoms with Gasteiger partial charge >= 0.3 is 0 Å². The summed E-state index contributed by atoms with van der Waals surface area (Å²) >= 11 is 0. The number of para-hydroxylation sites is 1. The standard InChI is InChI=1S/C10H11NO/c1-3-9(11)8-6-4-5-7-10(8)12-2/h1,4-7,9H,11H2,2H3. The second-order valence-corrected chi connectivity index (χ2v) is 2.39. The summed E-state index contributed by atoms with van der Waals surface area (Å²) in [5.41, 5.74) is 6.50. The van der Waals surface area contributed by atoms with Crippen LogP contribution in [0.5, 0.6) is 5.75 Å². The minimum Gasteiger partial charge on any atom is -0.496 e. The second kappa shape index (κ2) is 3.80. The Morgan fingerprint density at radius 2 is 2.17 bits per heavy atom. The fraction of sp³-hybridized carbons (Fsp3) is 0.200. The normalized spacial score (nSPS) is 11.8. The first kappa shape index (κ1) is 8.63. The summed E-state index contributed by atoms with van der Waals surface area (Å²) < 4.78 is 5.09. The van der Waals surface area contributed by atoms with Gasteiger partial charge in [0.2, 0.25) is 0 Å². The zero-order valence-electron chi connectivity index (χ0n) is 6.95. The lowest BCUT2D eigenvalue weighted by molar-refractivity contribution is 0.408. The smallest absolute Gasteiger partial charge is 0.124 e. The minimum absolute atomic E-state index is 0.388. The molecule has 0 saturated carbocycles. The van der Waals surface area contributed by atoms with Crippen molar-refractivity contribution >= 4 is 0 Å². The Bertz CT molecular complexity index is 301. The maximum absolute atomic E-state index is 5.65. The van der Waals surface area contributed by atoms with Gasteiger partial charge in [0, 0.05) is 5.56 Å². The van der Waals surface area contributed by atoms with E-state index in [4.69, 9.17) is 16.9 Å². The molecule has 12 heavy (non-hydrogen) atoms. The summed E-state index contributed by atoms with van der Waals surface area (Å²) in [6, 6.07) is 7.08. The van der Waals surface area contributed by atoms with Crippen LogP contribution < -0.4 is 10.5 Å². The number of methoxy groups -OCH3 is 1. The molecule has 0 saturated heterocycles. The minimum atomic E-state index is -0.388. The molecule has 0 aliphatic carbocycles. The van der Waals surface area contributed by atoms with Gasteiger partial charge in [-0.2, -0.15) is 0 Å². The monoisotopic (exact) mass is 161 g/mol. The largest absolute Gasteiger partial charge is 0.496 e. The van der Waals surface area contributed by atoms with E-state index in [2.05, 4.69) is 5.92 Å². The quantitative estimate of drug-likeness (QED) is 0.664. The Hall–Kier alpha value is -1.46. The molecule has 0 heterocycles. The van der Waals surface area contributed by atoms with Crippen LogP contribution in [0.1, 0.15) is 11.6 Å². The Kier molecular flexibility index (Phi) is 2.73. The first-order chi connectivity index (χ1) is 5.79. The van der Waals surface area contributed by atoms with Gasteiger partial charge in [0.25, 0.3) is 0 Å². The van der Waals surface area contributed by atoms with Gasteiger partial charge in [-0.15, -0.1) is 6.42 Å². The van der Waals surface area contributed by atoms with Crippen molar-refractivity contribution in [1.82, 2.24) is 0 Å². The van der Waals surface area contributed by atoms with Crippen molar-refractivity contribution in [2.75, 3.05) is 7.11 Å². The molecule has 2 N–H and O–H groups in total. The molecular formula is C10H11NO. The highest BCUT2D eigenvalue weighted by Crippen LogP contribution is 2.22. The first-order valence-corrected chi connectivity index (χ1v) is 3.64. The predicted molar refractivity (Wildman–Crippen MR) is 48.8 cm³/mol. The highest BCUT2D eigenvalue weighted by molar-refractivity contribution is 5.38. The van der Waals surface area contributed by atoms with E-state index in [1.54, 1.807) is 7.11 Å². The molecule has 0 spiro atoms. The van der Waals surface area contributed by atoms with Crippen LogP contribution in [0.2, 0.25) is 0 Å². The number of benzene rings is 1. The van der Waals surface area contributed by atoms with E-state index < -0.39 is 0 Å². The van der Waals surface area contributed by atoms with E-state index in [0.717, 1.165) is 11.3 Å². The third-order valence-corrected chi connectivity index (χ3v) is 1.65. The topological polar surface area (TPSA) is 35.2 Å². The van der Waals surface area contributed by atoms with Gasteiger partial charge in [-0.3, -0.25) is 0 Å². The van der Waals surface area contributed by atoms with Gasteiger partial charge in [-0.1, -0.05) is 24.1 Å². The van der Waals surface area contributed by atoms with E-state index >= 15 is 0 Å². The van der Waals surface area contributed by atoms with Crippen LogP contribution >= 0.6 is 0 Å². The Morgan fingerprint density at radius 1 is 1.50 bits per heavy atom. The van der Waals surface area contributed by atoms with Gasteiger partial charge in [0.05, 0.1) is 13.2 Å². The van der Waals surface area contributed by atoms with Crippen LogP contribution in [-0.2, 0) is 0 Å². The zero-order valence-corrected chi connectivity index (χ0v) is 6.95. The third-order valence-electron chi connectivity index (χ3n) is 1.65. The average Bonchev–Trinajstić information content (AvgIpc) is 2.16. The second-order valence-electron chi connectivity index (χ2n) is 2.39. The molecule has 0 radical (unpaired) electrons. The zero-order chi connectivity index (χ0) is 8.97. The molecule has 0 aliphatic heterocycles. The number of rotatable bonds is 2. The third kappa shape index (κ3) is 1.58. The number of ether oxygens (including phenoxy) is 1. The van der Waals surface area contributed by atoms with Crippen LogP contribution in [0.3, 0.4) is 0 Å². The maximum Gasteiger partial charge on any atom is 0.124 e. The lowest BCUT2D eigenvalue weighted by Crippen LogP contribution is -2.08. The summed E-state index contributed by atoms with van der Waals surface area (Å²) in [6.45, 7) is 0. The lowest BCUT2D eigenvalue weighted by atomic mass is 10.1. The summed E-state index contributed by atoms with van der Waals surface area (Å²) in [5, 5.41) is 0. The number of nitrogens with two attached hydrogens (primary N) is 1. The van der Waals surface area contributed by atoms with Crippen molar-refractivity contribution in [3.05, 3.63) is 29.8 Å². The van der Waals surface area contributed by atoms with Crippen LogP contribution in [0.25, 0.3) is 0 Å². The first-order valence-electron chi connectivity index (χ1n) is 3.64. The molecule has 0 bridgehead atoms. The van der Waals surface area contributed by atoms with Crippen LogP contribution in [0, 0.1) is 12.3 Å². The van der Waals surface area contributed by atoms with Crippen molar-refractivity contribution in [2.24, 2.45) is 5.73 Å². The van der Waals surface area contributed by atoms with E-state index in [9.17, 15) is 0 Å². The SMILES string of the molecule is C#CC(N)c1ccccc1OC. The summed E-state index contributed by atoms with van der Waals surface area (Å²) in [6.07, 6.45) is 5.20. The van der Waals surface area contributed by atoms with Crippen molar-refractivity contribution in [2.45, 2.75) is 6.04 Å². The van der Waals surface area contributed by atoms with E-state index in [0.29, 0.717) is 0 Å². The van der Waals surface area contributed by atoms with E-state index in [1.807, 2.05) is 24.3 Å². The van der Waals surface area contributed by atoms with E-state index in [1.165, 1.54) is 0 Å². The molecule has 2 heteroatoms. The average molecular weight is 161 g/mol. The van der Waals surface area contributed by atoms with Gasteiger partial charge in [-0.25, -0.2) is 0 Å². The van der Waals surface area contributed by atoms with Crippen molar-refractivity contribution < 1.29 is 4.74 Å². The molecule has 0 aromatic heterocycles. The number of hydrogen-bond donors (Lipinski definition) is 1. The molecule has 1 aromatic carbocycles. The molecule has 0 amide bonds. The maximum atomic E-state index is 5.65. The van der Waals surface area contributed by atoms with Crippen molar-refractivity contribution in [3.63, 3.8) is 0 Å². The highest BCUT2D eigenvalue weighted by Gasteiger charge is 2.06. The predicted octanol–water partition coefficient (Wildman–Crippen LogP) is 1.33. The van der Waals surface area contributed by atoms with Crippen LogP contribution in [0.4, 0.5) is 0 Å². The fourth-order valence-corrected chi connectivity index (χ4v) is 1.01. The van der Waals surface area contributed by atoms with Gasteiger partial charge in [0.1, 0.15) is 5.75 Å². The number of hydrogen-bond acceptors (Lipinski definition) is 2. The number of terminal acetylenes is 1.